The Bertz CT molecular complexity index is 974. The molecule has 2 aromatic carbocycles. The number of benzene rings is 2. The molecule has 0 atom stereocenters. The van der Waals surface area contributed by atoms with E-state index in [4.69, 9.17) is 14.5 Å². The first-order valence-electron chi connectivity index (χ1n) is 9.82. The van der Waals surface area contributed by atoms with Crippen LogP contribution in [0.2, 0.25) is 0 Å². The number of aliphatic imine (C=N–C) groups is 1. The van der Waals surface area contributed by atoms with Crippen LogP contribution in [-0.4, -0.2) is 46.3 Å². The highest BCUT2D eigenvalue weighted by Gasteiger charge is 2.10. The molecule has 1 heterocycles. The first-order chi connectivity index (χ1) is 14.6. The number of nitrogens with zero attached hydrogens (tertiary/aromatic N) is 5. The normalized spacial score (nSPS) is 10.9. The van der Waals surface area contributed by atoms with Crippen molar-refractivity contribution >= 4 is 29.9 Å². The van der Waals surface area contributed by atoms with Gasteiger partial charge in [0.2, 0.25) is 0 Å². The molecule has 31 heavy (non-hydrogen) atoms. The van der Waals surface area contributed by atoms with Crippen molar-refractivity contribution in [2.24, 2.45) is 12.0 Å². The Balaban J connectivity index is 0.00000341. The molecule has 166 valence electrons. The Labute approximate surface area is 200 Å². The maximum absolute atomic E-state index is 5.93. The molecule has 3 rings (SSSR count). The monoisotopic (exact) mass is 536 g/mol. The minimum atomic E-state index is 0. The van der Waals surface area contributed by atoms with Gasteiger partial charge in [0.05, 0.1) is 20.2 Å². The summed E-state index contributed by atoms with van der Waals surface area (Å²) >= 11 is 0. The predicted octanol–water partition coefficient (Wildman–Crippen LogP) is 3.83. The van der Waals surface area contributed by atoms with E-state index < -0.39 is 0 Å². The van der Waals surface area contributed by atoms with Crippen LogP contribution in [0.25, 0.3) is 0 Å². The Hall–Kier alpha value is -2.82. The van der Waals surface area contributed by atoms with Gasteiger partial charge in [-0.1, -0.05) is 24.3 Å². The molecule has 0 spiro atoms. The fraction of sp³-hybridized carbons (Fsp3) is 0.318. The van der Waals surface area contributed by atoms with Crippen LogP contribution in [-0.2, 0) is 20.1 Å². The Kier molecular flexibility index (Phi) is 9.57. The van der Waals surface area contributed by atoms with Gasteiger partial charge in [0, 0.05) is 20.6 Å². The first-order valence-corrected chi connectivity index (χ1v) is 9.82. The topological polar surface area (TPSA) is 76.8 Å². The zero-order chi connectivity index (χ0) is 21.3. The molecule has 0 aliphatic carbocycles. The SMILES string of the molecule is CCNC(=NCc1ccc(Oc2ccccc2OC)cc1)N(C)Cc1ncnn1C.I. The van der Waals surface area contributed by atoms with Crippen molar-refractivity contribution in [3.8, 4) is 17.2 Å². The molecular weight excluding hydrogens is 507 g/mol. The number of methoxy groups -OCH3 is 1. The molecule has 0 amide bonds. The van der Waals surface area contributed by atoms with Crippen molar-refractivity contribution in [2.75, 3.05) is 20.7 Å². The number of aryl methyl sites for hydroxylation is 1. The summed E-state index contributed by atoms with van der Waals surface area (Å²) < 4.78 is 13.0. The van der Waals surface area contributed by atoms with Crippen LogP contribution < -0.4 is 14.8 Å². The van der Waals surface area contributed by atoms with Gasteiger partial charge in [-0.3, -0.25) is 4.68 Å². The first kappa shape index (κ1) is 24.4. The highest BCUT2D eigenvalue weighted by atomic mass is 127. The molecule has 0 saturated carbocycles. The molecule has 0 aliphatic rings. The van der Waals surface area contributed by atoms with Crippen molar-refractivity contribution < 1.29 is 9.47 Å². The quantitative estimate of drug-likeness (QED) is 0.268. The average molecular weight is 536 g/mol. The number of para-hydroxylation sites is 2. The van der Waals surface area contributed by atoms with Crippen molar-refractivity contribution in [3.63, 3.8) is 0 Å². The molecule has 0 unspecified atom stereocenters. The Morgan fingerprint density at radius 3 is 2.45 bits per heavy atom. The highest BCUT2D eigenvalue weighted by molar-refractivity contribution is 14.0. The zero-order valence-corrected chi connectivity index (χ0v) is 20.6. The lowest BCUT2D eigenvalue weighted by Crippen LogP contribution is -2.39. The lowest BCUT2D eigenvalue weighted by atomic mass is 10.2. The molecular formula is C22H29IN6O2. The summed E-state index contributed by atoms with van der Waals surface area (Å²) in [6.07, 6.45) is 1.56. The molecule has 0 saturated heterocycles. The smallest absolute Gasteiger partial charge is 0.194 e. The highest BCUT2D eigenvalue weighted by Crippen LogP contribution is 2.30. The summed E-state index contributed by atoms with van der Waals surface area (Å²) in [5.74, 6) is 3.83. The van der Waals surface area contributed by atoms with Gasteiger partial charge < -0.3 is 19.7 Å². The van der Waals surface area contributed by atoms with Crippen LogP contribution in [0.4, 0.5) is 0 Å². The van der Waals surface area contributed by atoms with Gasteiger partial charge in [0.15, 0.2) is 17.5 Å². The third kappa shape index (κ3) is 6.84. The number of rotatable bonds is 8. The van der Waals surface area contributed by atoms with Gasteiger partial charge in [-0.2, -0.15) is 5.10 Å². The fourth-order valence-corrected chi connectivity index (χ4v) is 2.88. The largest absolute Gasteiger partial charge is 0.493 e. The van der Waals surface area contributed by atoms with Gasteiger partial charge in [0.1, 0.15) is 17.9 Å². The van der Waals surface area contributed by atoms with E-state index >= 15 is 0 Å². The lowest BCUT2D eigenvalue weighted by molar-refractivity contribution is 0.379. The zero-order valence-electron chi connectivity index (χ0n) is 18.3. The van der Waals surface area contributed by atoms with E-state index in [9.17, 15) is 0 Å². The Morgan fingerprint density at radius 2 is 1.84 bits per heavy atom. The molecule has 0 bridgehead atoms. The van der Waals surface area contributed by atoms with E-state index in [1.165, 1.54) is 0 Å². The Morgan fingerprint density at radius 1 is 1.13 bits per heavy atom. The number of nitrogens with one attached hydrogen (secondary N) is 1. The third-order valence-corrected chi connectivity index (χ3v) is 4.51. The van der Waals surface area contributed by atoms with Crippen molar-refractivity contribution in [3.05, 3.63) is 66.2 Å². The molecule has 0 radical (unpaired) electrons. The maximum Gasteiger partial charge on any atom is 0.194 e. The minimum Gasteiger partial charge on any atom is -0.493 e. The van der Waals surface area contributed by atoms with E-state index in [2.05, 4.69) is 22.3 Å². The van der Waals surface area contributed by atoms with Gasteiger partial charge in [-0.05, 0) is 36.8 Å². The van der Waals surface area contributed by atoms with E-state index in [0.29, 0.717) is 24.6 Å². The summed E-state index contributed by atoms with van der Waals surface area (Å²) in [6, 6.07) is 15.5. The van der Waals surface area contributed by atoms with Crippen molar-refractivity contribution in [1.29, 1.82) is 0 Å². The van der Waals surface area contributed by atoms with Crippen LogP contribution in [0.1, 0.15) is 18.3 Å². The molecule has 0 aliphatic heterocycles. The molecule has 3 aromatic rings. The van der Waals surface area contributed by atoms with E-state index in [-0.39, 0.29) is 24.0 Å². The van der Waals surface area contributed by atoms with Crippen molar-refractivity contribution in [1.82, 2.24) is 25.0 Å². The standard InChI is InChI=1S/C22H28N6O2.HI/c1-5-23-22(27(2)15-21-25-16-26-28(21)3)24-14-17-10-12-18(13-11-17)30-20-9-7-6-8-19(20)29-4;/h6-13,16H,5,14-15H2,1-4H3,(H,23,24);1H. The van der Waals surface area contributed by atoms with Crippen LogP contribution >= 0.6 is 24.0 Å². The summed E-state index contributed by atoms with van der Waals surface area (Å²) in [6.45, 7) is 4.01. The maximum atomic E-state index is 5.93. The number of halogens is 1. The summed E-state index contributed by atoms with van der Waals surface area (Å²) in [5, 5.41) is 7.44. The molecule has 0 fully saturated rings. The summed E-state index contributed by atoms with van der Waals surface area (Å²) in [4.78, 5) is 11.1. The lowest BCUT2D eigenvalue weighted by Gasteiger charge is -2.21. The number of ether oxygens (including phenoxy) is 2. The molecule has 1 aromatic heterocycles. The fourth-order valence-electron chi connectivity index (χ4n) is 2.88. The van der Waals surface area contributed by atoms with Gasteiger partial charge in [-0.25, -0.2) is 9.98 Å². The van der Waals surface area contributed by atoms with Gasteiger partial charge in [-0.15, -0.1) is 24.0 Å². The second-order valence-corrected chi connectivity index (χ2v) is 6.72. The van der Waals surface area contributed by atoms with E-state index in [0.717, 1.165) is 29.6 Å². The van der Waals surface area contributed by atoms with Gasteiger partial charge >= 0.3 is 0 Å². The molecule has 1 N–H and O–H groups in total. The summed E-state index contributed by atoms with van der Waals surface area (Å²) in [7, 11) is 5.50. The van der Waals surface area contributed by atoms with Crippen LogP contribution in [0.15, 0.2) is 59.9 Å². The third-order valence-electron chi connectivity index (χ3n) is 4.51. The van der Waals surface area contributed by atoms with Crippen LogP contribution in [0, 0.1) is 0 Å². The average Bonchev–Trinajstić information content (AvgIpc) is 3.16. The van der Waals surface area contributed by atoms with E-state index in [1.54, 1.807) is 18.1 Å². The predicted molar refractivity (Wildman–Crippen MR) is 132 cm³/mol. The number of guanidine groups is 1. The second kappa shape index (κ2) is 12.1. The van der Waals surface area contributed by atoms with Crippen LogP contribution in [0.5, 0.6) is 17.2 Å². The van der Waals surface area contributed by atoms with E-state index in [1.807, 2.05) is 67.5 Å². The second-order valence-electron chi connectivity index (χ2n) is 6.72. The van der Waals surface area contributed by atoms with Crippen molar-refractivity contribution in [2.45, 2.75) is 20.0 Å². The van der Waals surface area contributed by atoms with Gasteiger partial charge in [0.25, 0.3) is 0 Å². The summed E-state index contributed by atoms with van der Waals surface area (Å²) in [5.41, 5.74) is 1.09. The minimum absolute atomic E-state index is 0. The number of hydrogen-bond acceptors (Lipinski definition) is 5. The number of aromatic nitrogens is 3. The number of hydrogen-bond donors (Lipinski definition) is 1. The molecule has 9 heteroatoms. The molecule has 8 nitrogen and oxygen atoms in total. The van der Waals surface area contributed by atoms with Crippen LogP contribution in [0.3, 0.4) is 0 Å².